The number of aliphatic hydroxyl groups excluding tert-OH is 1. The van der Waals surface area contributed by atoms with E-state index in [1.807, 2.05) is 30.3 Å². The van der Waals surface area contributed by atoms with Crippen molar-refractivity contribution >= 4 is 16.9 Å². The molecule has 1 aromatic heterocycles. The van der Waals surface area contributed by atoms with E-state index in [1.54, 1.807) is 0 Å². The van der Waals surface area contributed by atoms with Gasteiger partial charge in [0.1, 0.15) is 17.4 Å². The zero-order valence-electron chi connectivity index (χ0n) is 12.5. The van der Waals surface area contributed by atoms with Gasteiger partial charge in [0.05, 0.1) is 0 Å². The highest BCUT2D eigenvalue weighted by Crippen LogP contribution is 2.25. The van der Waals surface area contributed by atoms with E-state index < -0.39 is 6.10 Å². The van der Waals surface area contributed by atoms with Crippen molar-refractivity contribution in [1.29, 1.82) is 0 Å². The summed E-state index contributed by atoms with van der Waals surface area (Å²) in [6.45, 7) is 0.456. The van der Waals surface area contributed by atoms with Gasteiger partial charge < -0.3 is 14.8 Å². The van der Waals surface area contributed by atoms with Crippen LogP contribution in [0.4, 0.5) is 0 Å². The Kier molecular flexibility index (Phi) is 4.59. The molecular formula is C18H21NO3. The summed E-state index contributed by atoms with van der Waals surface area (Å²) in [5.41, 5.74) is 0.773. The van der Waals surface area contributed by atoms with Gasteiger partial charge in [-0.2, -0.15) is 0 Å². The Bertz CT molecular complexity index is 641. The maximum atomic E-state index is 12.0. The lowest BCUT2D eigenvalue weighted by Gasteiger charge is -2.17. The van der Waals surface area contributed by atoms with Gasteiger partial charge in [-0.15, -0.1) is 0 Å². The van der Waals surface area contributed by atoms with Crippen molar-refractivity contribution in [2.45, 2.75) is 31.8 Å². The lowest BCUT2D eigenvalue weighted by Crippen LogP contribution is -2.32. The van der Waals surface area contributed by atoms with Crippen LogP contribution < -0.4 is 5.32 Å². The molecule has 1 aromatic carbocycles. The maximum Gasteiger partial charge on any atom is 0.223 e. The van der Waals surface area contributed by atoms with E-state index in [1.165, 1.54) is 0 Å². The topological polar surface area (TPSA) is 62.5 Å². The monoisotopic (exact) mass is 299 g/mol. The number of furan rings is 1. The molecule has 2 N–H and O–H groups in total. The highest BCUT2D eigenvalue weighted by Gasteiger charge is 2.19. The van der Waals surface area contributed by atoms with Crippen molar-refractivity contribution in [2.24, 2.45) is 5.92 Å². The molecular weight excluding hydrogens is 278 g/mol. The van der Waals surface area contributed by atoms with Crippen molar-refractivity contribution in [2.75, 3.05) is 6.54 Å². The van der Waals surface area contributed by atoms with Crippen LogP contribution in [-0.4, -0.2) is 17.6 Å². The van der Waals surface area contributed by atoms with Gasteiger partial charge in [-0.3, -0.25) is 4.79 Å². The first-order valence-electron chi connectivity index (χ1n) is 7.83. The minimum Gasteiger partial charge on any atom is -0.458 e. The predicted molar refractivity (Wildman–Crippen MR) is 85.3 cm³/mol. The molecule has 2 atom stereocenters. The summed E-state index contributed by atoms with van der Waals surface area (Å²) in [5, 5.41) is 14.1. The van der Waals surface area contributed by atoms with Gasteiger partial charge in [0, 0.05) is 17.8 Å². The number of nitrogens with one attached hydrogen (secondary N) is 1. The fraction of sp³-hybridized carbons (Fsp3) is 0.389. The van der Waals surface area contributed by atoms with Crippen molar-refractivity contribution in [3.8, 4) is 0 Å². The van der Waals surface area contributed by atoms with E-state index in [-0.39, 0.29) is 11.8 Å². The molecule has 0 bridgehead atoms. The SMILES string of the molecule is O=C(NCC[C@H](O)c1cc2ccccc2o1)[C@@H]1CC=CCC1. The number of allylic oxidation sites excluding steroid dienone is 2. The van der Waals surface area contributed by atoms with Crippen molar-refractivity contribution < 1.29 is 14.3 Å². The normalized spacial score (nSPS) is 19.2. The molecule has 4 nitrogen and oxygen atoms in total. The van der Waals surface area contributed by atoms with Crippen LogP contribution in [0.5, 0.6) is 0 Å². The summed E-state index contributed by atoms with van der Waals surface area (Å²) in [5.74, 6) is 0.713. The van der Waals surface area contributed by atoms with E-state index in [2.05, 4.69) is 17.5 Å². The van der Waals surface area contributed by atoms with Crippen LogP contribution in [0.15, 0.2) is 46.9 Å². The molecule has 116 valence electrons. The lowest BCUT2D eigenvalue weighted by molar-refractivity contribution is -0.125. The fourth-order valence-corrected chi connectivity index (χ4v) is 2.82. The summed E-state index contributed by atoms with van der Waals surface area (Å²) in [6, 6.07) is 9.53. The van der Waals surface area contributed by atoms with Crippen molar-refractivity contribution in [3.63, 3.8) is 0 Å². The molecule has 1 aliphatic rings. The van der Waals surface area contributed by atoms with Gasteiger partial charge in [0.25, 0.3) is 0 Å². The summed E-state index contributed by atoms with van der Waals surface area (Å²) in [7, 11) is 0. The Balaban J connectivity index is 1.50. The molecule has 0 aliphatic heterocycles. The molecule has 0 radical (unpaired) electrons. The van der Waals surface area contributed by atoms with Crippen LogP contribution in [0, 0.1) is 5.92 Å². The number of hydrogen-bond donors (Lipinski definition) is 2. The molecule has 0 saturated heterocycles. The molecule has 3 rings (SSSR count). The fourth-order valence-electron chi connectivity index (χ4n) is 2.82. The number of fused-ring (bicyclic) bond motifs is 1. The first-order valence-corrected chi connectivity index (χ1v) is 7.83. The van der Waals surface area contributed by atoms with Crippen LogP contribution in [0.1, 0.15) is 37.5 Å². The highest BCUT2D eigenvalue weighted by atomic mass is 16.4. The molecule has 0 unspecified atom stereocenters. The Morgan fingerprint density at radius 3 is 3.00 bits per heavy atom. The van der Waals surface area contributed by atoms with E-state index in [0.717, 1.165) is 30.2 Å². The summed E-state index contributed by atoms with van der Waals surface area (Å²) in [4.78, 5) is 12.0. The lowest BCUT2D eigenvalue weighted by atomic mass is 9.93. The second-order valence-electron chi connectivity index (χ2n) is 5.76. The quantitative estimate of drug-likeness (QED) is 0.832. The van der Waals surface area contributed by atoms with Gasteiger partial charge >= 0.3 is 0 Å². The van der Waals surface area contributed by atoms with Gasteiger partial charge in [-0.1, -0.05) is 30.4 Å². The zero-order valence-corrected chi connectivity index (χ0v) is 12.5. The third-order valence-corrected chi connectivity index (χ3v) is 4.13. The Morgan fingerprint density at radius 2 is 2.23 bits per heavy atom. The molecule has 0 saturated carbocycles. The molecule has 0 fully saturated rings. The third-order valence-electron chi connectivity index (χ3n) is 4.13. The maximum absolute atomic E-state index is 12.0. The summed E-state index contributed by atoms with van der Waals surface area (Å²) < 4.78 is 5.63. The number of rotatable bonds is 5. The molecule has 2 aromatic rings. The van der Waals surface area contributed by atoms with Crippen LogP contribution in [0.3, 0.4) is 0 Å². The highest BCUT2D eigenvalue weighted by molar-refractivity contribution is 5.79. The van der Waals surface area contributed by atoms with Crippen LogP contribution >= 0.6 is 0 Å². The van der Waals surface area contributed by atoms with E-state index in [4.69, 9.17) is 4.42 Å². The van der Waals surface area contributed by atoms with Crippen LogP contribution in [0.2, 0.25) is 0 Å². The number of carbonyl (C=O) groups excluding carboxylic acids is 1. The number of carbonyl (C=O) groups is 1. The number of hydrogen-bond acceptors (Lipinski definition) is 3. The van der Waals surface area contributed by atoms with Crippen LogP contribution in [-0.2, 0) is 4.79 Å². The van der Waals surface area contributed by atoms with Crippen molar-refractivity contribution in [1.82, 2.24) is 5.32 Å². The summed E-state index contributed by atoms with van der Waals surface area (Å²) >= 11 is 0. The first kappa shape index (κ1) is 14.9. The standard InChI is InChI=1S/C18H21NO3/c20-15(17-12-14-8-4-5-9-16(14)22-17)10-11-19-18(21)13-6-2-1-3-7-13/h1-2,4-5,8-9,12-13,15,20H,3,6-7,10-11H2,(H,19,21)/t13-,15+/m1/s1. The average molecular weight is 299 g/mol. The van der Waals surface area contributed by atoms with E-state index in [0.29, 0.717) is 18.7 Å². The third kappa shape index (κ3) is 3.39. The molecule has 1 amide bonds. The minimum atomic E-state index is -0.695. The molecule has 1 heterocycles. The van der Waals surface area contributed by atoms with Gasteiger partial charge in [-0.05, 0) is 37.8 Å². The van der Waals surface area contributed by atoms with Crippen molar-refractivity contribution in [3.05, 3.63) is 48.2 Å². The molecule has 4 heteroatoms. The average Bonchev–Trinajstić information content (AvgIpc) is 2.99. The van der Waals surface area contributed by atoms with E-state index >= 15 is 0 Å². The predicted octanol–water partition coefficient (Wildman–Crippen LogP) is 3.33. The molecule has 22 heavy (non-hydrogen) atoms. The minimum absolute atomic E-state index is 0.0772. The number of aliphatic hydroxyl groups is 1. The zero-order chi connectivity index (χ0) is 15.4. The number of amides is 1. The van der Waals surface area contributed by atoms with E-state index in [9.17, 15) is 9.90 Å². The smallest absolute Gasteiger partial charge is 0.223 e. The van der Waals surface area contributed by atoms with Crippen LogP contribution in [0.25, 0.3) is 11.0 Å². The molecule has 0 spiro atoms. The second kappa shape index (κ2) is 6.79. The number of para-hydroxylation sites is 1. The Hall–Kier alpha value is -2.07. The first-order chi connectivity index (χ1) is 10.7. The number of benzene rings is 1. The Labute approximate surface area is 129 Å². The Morgan fingerprint density at radius 1 is 1.36 bits per heavy atom. The van der Waals surface area contributed by atoms with Gasteiger partial charge in [0.15, 0.2) is 0 Å². The van der Waals surface area contributed by atoms with Gasteiger partial charge in [0.2, 0.25) is 5.91 Å². The summed E-state index contributed by atoms with van der Waals surface area (Å²) in [6.07, 6.45) is 6.64. The second-order valence-corrected chi connectivity index (χ2v) is 5.76. The largest absolute Gasteiger partial charge is 0.458 e. The van der Waals surface area contributed by atoms with Gasteiger partial charge in [-0.25, -0.2) is 0 Å². The molecule has 1 aliphatic carbocycles.